The van der Waals surface area contributed by atoms with Gasteiger partial charge in [-0.25, -0.2) is 4.98 Å². The summed E-state index contributed by atoms with van der Waals surface area (Å²) in [4.78, 5) is 17.5. The summed E-state index contributed by atoms with van der Waals surface area (Å²) in [5, 5.41) is 4.29. The lowest BCUT2D eigenvalue weighted by Gasteiger charge is -2.10. The molecule has 0 aliphatic rings. The van der Waals surface area contributed by atoms with Crippen LogP contribution in [0.5, 0.6) is 5.75 Å². The van der Waals surface area contributed by atoms with E-state index < -0.39 is 0 Å². The largest absolute Gasteiger partial charge is 0.489 e. The van der Waals surface area contributed by atoms with Crippen molar-refractivity contribution in [3.05, 3.63) is 113 Å². The highest BCUT2D eigenvalue weighted by molar-refractivity contribution is 7.21. The van der Waals surface area contributed by atoms with Crippen molar-refractivity contribution < 1.29 is 9.53 Å². The van der Waals surface area contributed by atoms with Gasteiger partial charge in [-0.2, -0.15) is 0 Å². The van der Waals surface area contributed by atoms with Gasteiger partial charge in [0.25, 0.3) is 5.91 Å². The lowest BCUT2D eigenvalue weighted by atomic mass is 10.1. The molecule has 0 aliphatic heterocycles. The first-order valence-corrected chi connectivity index (χ1v) is 11.6. The van der Waals surface area contributed by atoms with E-state index in [0.717, 1.165) is 26.4 Å². The van der Waals surface area contributed by atoms with E-state index in [1.807, 2.05) is 72.8 Å². The molecule has 0 bridgehead atoms. The molecule has 0 spiro atoms. The minimum absolute atomic E-state index is 0.232. The molecule has 0 aliphatic carbocycles. The Bertz CT molecular complexity index is 1400. The third-order valence-corrected chi connectivity index (χ3v) is 6.48. The fourth-order valence-electron chi connectivity index (χ4n) is 3.43. The van der Waals surface area contributed by atoms with E-state index in [1.165, 1.54) is 0 Å². The Balaban J connectivity index is 1.29. The van der Waals surface area contributed by atoms with Gasteiger partial charge in [-0.15, -0.1) is 11.3 Å². The van der Waals surface area contributed by atoms with E-state index in [9.17, 15) is 4.79 Å². The van der Waals surface area contributed by atoms with Crippen LogP contribution in [0.3, 0.4) is 0 Å². The predicted molar refractivity (Wildman–Crippen MR) is 135 cm³/mol. The maximum Gasteiger partial charge on any atom is 0.255 e. The number of ether oxygens (including phenoxy) is 1. The molecule has 162 valence electrons. The summed E-state index contributed by atoms with van der Waals surface area (Å²) < 4.78 is 6.94. The van der Waals surface area contributed by atoms with Gasteiger partial charge in [-0.3, -0.25) is 4.79 Å². The van der Waals surface area contributed by atoms with Gasteiger partial charge in [0.2, 0.25) is 0 Å². The fraction of sp³-hybridized carbons (Fsp3) is 0.0370. The molecule has 1 aromatic heterocycles. The molecule has 1 heterocycles. The molecule has 0 saturated carbocycles. The average molecular weight is 471 g/mol. The molecule has 0 fully saturated rings. The first-order chi connectivity index (χ1) is 16.2. The Kier molecular flexibility index (Phi) is 6.07. The molecule has 0 saturated heterocycles. The summed E-state index contributed by atoms with van der Waals surface area (Å²) in [5.41, 5.74) is 3.97. The maximum absolute atomic E-state index is 12.8. The average Bonchev–Trinajstić information content (AvgIpc) is 3.27. The monoisotopic (exact) mass is 470 g/mol. The number of anilines is 1. The second-order valence-electron chi connectivity index (χ2n) is 7.44. The van der Waals surface area contributed by atoms with Crippen molar-refractivity contribution in [3.8, 4) is 16.3 Å². The number of nitrogens with zero attached hydrogens (tertiary/aromatic N) is 1. The number of carbonyl (C=O) groups excluding carboxylic acids is 1. The van der Waals surface area contributed by atoms with Crippen LogP contribution in [0.2, 0.25) is 5.02 Å². The van der Waals surface area contributed by atoms with Crippen LogP contribution in [-0.2, 0) is 6.61 Å². The van der Waals surface area contributed by atoms with Crippen molar-refractivity contribution in [2.45, 2.75) is 6.61 Å². The number of benzene rings is 4. The third kappa shape index (κ3) is 4.90. The van der Waals surface area contributed by atoms with Gasteiger partial charge < -0.3 is 10.1 Å². The molecular formula is C27H19ClN2O2S. The number of thiazole rings is 1. The quantitative estimate of drug-likeness (QED) is 0.280. The highest BCUT2D eigenvalue weighted by Crippen LogP contribution is 2.35. The van der Waals surface area contributed by atoms with Gasteiger partial charge in [0.05, 0.1) is 15.2 Å². The minimum atomic E-state index is -0.232. The first kappa shape index (κ1) is 21.2. The summed E-state index contributed by atoms with van der Waals surface area (Å²) in [6, 6.07) is 30.5. The highest BCUT2D eigenvalue weighted by atomic mass is 35.5. The number of fused-ring (bicyclic) bond motifs is 1. The van der Waals surface area contributed by atoms with Crippen LogP contribution in [0.1, 0.15) is 15.9 Å². The highest BCUT2D eigenvalue weighted by Gasteiger charge is 2.12. The van der Waals surface area contributed by atoms with Gasteiger partial charge in [0.1, 0.15) is 17.4 Å². The van der Waals surface area contributed by atoms with Crippen LogP contribution in [0.15, 0.2) is 97.1 Å². The molecule has 1 N–H and O–H groups in total. The van der Waals surface area contributed by atoms with Crippen molar-refractivity contribution >= 4 is 44.7 Å². The number of aromatic nitrogens is 1. The fourth-order valence-corrected chi connectivity index (χ4v) is 4.76. The zero-order valence-electron chi connectivity index (χ0n) is 17.5. The zero-order valence-corrected chi connectivity index (χ0v) is 19.1. The van der Waals surface area contributed by atoms with E-state index in [-0.39, 0.29) is 5.91 Å². The van der Waals surface area contributed by atoms with Crippen LogP contribution in [0, 0.1) is 0 Å². The normalized spacial score (nSPS) is 10.8. The number of para-hydroxylation sites is 1. The SMILES string of the molecule is O=C(Nc1ccc(-c2nc3ccccc3s2)c(Cl)c1)c1cccc(OCc2ccccc2)c1. The number of carbonyl (C=O) groups is 1. The minimum Gasteiger partial charge on any atom is -0.489 e. The number of halogens is 1. The Morgan fingerprint density at radius 1 is 0.909 bits per heavy atom. The molecule has 0 radical (unpaired) electrons. The molecule has 0 atom stereocenters. The van der Waals surface area contributed by atoms with E-state index in [2.05, 4.69) is 10.3 Å². The van der Waals surface area contributed by atoms with Crippen molar-refractivity contribution in [1.29, 1.82) is 0 Å². The molecule has 0 unspecified atom stereocenters. The van der Waals surface area contributed by atoms with E-state index in [4.69, 9.17) is 16.3 Å². The van der Waals surface area contributed by atoms with E-state index in [1.54, 1.807) is 35.6 Å². The Morgan fingerprint density at radius 3 is 2.55 bits per heavy atom. The Morgan fingerprint density at radius 2 is 1.73 bits per heavy atom. The van der Waals surface area contributed by atoms with Crippen LogP contribution >= 0.6 is 22.9 Å². The second-order valence-corrected chi connectivity index (χ2v) is 8.88. The summed E-state index contributed by atoms with van der Waals surface area (Å²) >= 11 is 8.13. The molecule has 5 rings (SSSR count). The number of hydrogen-bond acceptors (Lipinski definition) is 4. The number of amides is 1. The van der Waals surface area contributed by atoms with Crippen LogP contribution in [0.4, 0.5) is 5.69 Å². The second kappa shape index (κ2) is 9.45. The number of nitrogens with one attached hydrogen (secondary N) is 1. The molecule has 5 aromatic rings. The van der Waals surface area contributed by atoms with Gasteiger partial charge in [-0.1, -0.05) is 60.1 Å². The lowest BCUT2D eigenvalue weighted by molar-refractivity contribution is 0.102. The lowest BCUT2D eigenvalue weighted by Crippen LogP contribution is -2.12. The molecular weight excluding hydrogens is 452 g/mol. The van der Waals surface area contributed by atoms with Gasteiger partial charge in [0.15, 0.2) is 0 Å². The molecule has 6 heteroatoms. The molecule has 33 heavy (non-hydrogen) atoms. The first-order valence-electron chi connectivity index (χ1n) is 10.4. The van der Waals surface area contributed by atoms with Crippen molar-refractivity contribution in [3.63, 3.8) is 0 Å². The summed E-state index contributed by atoms with van der Waals surface area (Å²) in [6.07, 6.45) is 0. The number of rotatable bonds is 6. The van der Waals surface area contributed by atoms with Gasteiger partial charge >= 0.3 is 0 Å². The topological polar surface area (TPSA) is 51.2 Å². The van der Waals surface area contributed by atoms with Gasteiger partial charge in [0, 0.05) is 16.8 Å². The summed E-state index contributed by atoms with van der Waals surface area (Å²) in [5.74, 6) is 0.402. The van der Waals surface area contributed by atoms with E-state index in [0.29, 0.717) is 28.6 Å². The Labute approximate surface area is 200 Å². The van der Waals surface area contributed by atoms with Crippen LogP contribution in [-0.4, -0.2) is 10.9 Å². The van der Waals surface area contributed by atoms with E-state index >= 15 is 0 Å². The summed E-state index contributed by atoms with van der Waals surface area (Å²) in [7, 11) is 0. The van der Waals surface area contributed by atoms with Crippen molar-refractivity contribution in [1.82, 2.24) is 4.98 Å². The van der Waals surface area contributed by atoms with Crippen LogP contribution < -0.4 is 10.1 Å². The van der Waals surface area contributed by atoms with Crippen LogP contribution in [0.25, 0.3) is 20.8 Å². The smallest absolute Gasteiger partial charge is 0.255 e. The third-order valence-electron chi connectivity index (χ3n) is 5.10. The molecule has 1 amide bonds. The standard InChI is InChI=1S/C27H19ClN2O2S/c28-23-16-20(13-14-22(23)27-30-24-11-4-5-12-25(24)33-27)29-26(31)19-9-6-10-21(15-19)32-17-18-7-2-1-3-8-18/h1-16H,17H2,(H,29,31). The predicted octanol–water partition coefficient (Wildman–Crippen LogP) is 7.45. The molecule has 4 aromatic carbocycles. The van der Waals surface area contributed by atoms with Crippen molar-refractivity contribution in [2.75, 3.05) is 5.32 Å². The summed E-state index contributed by atoms with van der Waals surface area (Å²) in [6.45, 7) is 0.439. The Hall–Kier alpha value is -3.67. The zero-order chi connectivity index (χ0) is 22.6. The number of hydrogen-bond donors (Lipinski definition) is 1. The van der Waals surface area contributed by atoms with Crippen molar-refractivity contribution in [2.24, 2.45) is 0 Å². The molecule has 4 nitrogen and oxygen atoms in total. The van der Waals surface area contributed by atoms with Gasteiger partial charge in [-0.05, 0) is 54.1 Å². The maximum atomic E-state index is 12.8.